The second-order valence-corrected chi connectivity index (χ2v) is 6.34. The van der Waals surface area contributed by atoms with Gasteiger partial charge < -0.3 is 19.0 Å². The Bertz CT molecular complexity index is 432. The van der Waals surface area contributed by atoms with Gasteiger partial charge in [0, 0.05) is 31.9 Å². The largest absolute Gasteiger partial charge is 0.468 e. The minimum absolute atomic E-state index is 0.161. The lowest BCUT2D eigenvalue weighted by molar-refractivity contribution is 0.0438. The van der Waals surface area contributed by atoms with E-state index >= 15 is 0 Å². The number of amides is 2. The Hall–Kier alpha value is -1.14. The molecule has 2 fully saturated rings. The number of carbonyl (C=O) groups is 1. The number of ether oxygens (including phenoxy) is 1. The predicted octanol–water partition coefficient (Wildman–Crippen LogP) is 2.21. The van der Waals surface area contributed by atoms with Crippen molar-refractivity contribution in [1.82, 2.24) is 9.80 Å². The van der Waals surface area contributed by atoms with Crippen molar-refractivity contribution in [1.29, 1.82) is 0 Å². The van der Waals surface area contributed by atoms with Gasteiger partial charge in [-0.05, 0) is 18.6 Å². The molecule has 1 aromatic heterocycles. The first kappa shape index (κ1) is 13.8. The Labute approximate surface area is 123 Å². The van der Waals surface area contributed by atoms with Gasteiger partial charge in [0.25, 0.3) is 0 Å². The second-order valence-electron chi connectivity index (χ2n) is 5.03. The van der Waals surface area contributed by atoms with Crippen LogP contribution in [-0.2, 0) is 4.74 Å². The molecule has 0 bridgehead atoms. The van der Waals surface area contributed by atoms with Gasteiger partial charge in [0.1, 0.15) is 5.76 Å². The van der Waals surface area contributed by atoms with E-state index in [0.29, 0.717) is 31.6 Å². The standard InChI is InChI=1S/C14H20N2O3S/c17-14(16-5-9-18-10-6-16)15-4-3-13(20-11-7-15)12-2-1-8-19-12/h1-2,8,13H,3-7,9-11H2. The highest BCUT2D eigenvalue weighted by atomic mass is 32.2. The average molecular weight is 296 g/mol. The number of furan rings is 1. The maximum absolute atomic E-state index is 12.5. The van der Waals surface area contributed by atoms with Crippen molar-refractivity contribution in [3.63, 3.8) is 0 Å². The van der Waals surface area contributed by atoms with E-state index in [-0.39, 0.29) is 6.03 Å². The third-order valence-corrected chi connectivity index (χ3v) is 5.04. The molecule has 3 heterocycles. The summed E-state index contributed by atoms with van der Waals surface area (Å²) in [4.78, 5) is 16.3. The summed E-state index contributed by atoms with van der Waals surface area (Å²) < 4.78 is 10.8. The molecule has 1 atom stereocenters. The zero-order chi connectivity index (χ0) is 13.8. The highest BCUT2D eigenvalue weighted by Crippen LogP contribution is 2.34. The first-order valence-corrected chi connectivity index (χ1v) is 8.16. The van der Waals surface area contributed by atoms with Crippen molar-refractivity contribution in [3.05, 3.63) is 24.2 Å². The van der Waals surface area contributed by atoms with Gasteiger partial charge >= 0.3 is 6.03 Å². The van der Waals surface area contributed by atoms with Crippen LogP contribution in [0.1, 0.15) is 17.4 Å². The Morgan fingerprint density at radius 2 is 2.00 bits per heavy atom. The fourth-order valence-electron chi connectivity index (χ4n) is 2.62. The number of morpholine rings is 1. The third kappa shape index (κ3) is 3.12. The Morgan fingerprint density at radius 3 is 2.75 bits per heavy atom. The normalized spacial score (nSPS) is 24.5. The summed E-state index contributed by atoms with van der Waals surface area (Å²) in [6.45, 7) is 4.35. The molecule has 3 rings (SSSR count). The van der Waals surface area contributed by atoms with Gasteiger partial charge in [0.05, 0.1) is 24.7 Å². The number of nitrogens with zero attached hydrogens (tertiary/aromatic N) is 2. The van der Waals surface area contributed by atoms with Crippen LogP contribution in [0.25, 0.3) is 0 Å². The first-order valence-electron chi connectivity index (χ1n) is 7.11. The van der Waals surface area contributed by atoms with E-state index in [0.717, 1.165) is 31.0 Å². The molecule has 0 N–H and O–H groups in total. The molecule has 0 radical (unpaired) electrons. The van der Waals surface area contributed by atoms with Crippen LogP contribution in [0.2, 0.25) is 0 Å². The van der Waals surface area contributed by atoms with Crippen molar-refractivity contribution in [2.45, 2.75) is 11.7 Å². The van der Waals surface area contributed by atoms with Crippen LogP contribution < -0.4 is 0 Å². The lowest BCUT2D eigenvalue weighted by Crippen LogP contribution is -2.48. The fraction of sp³-hybridized carbons (Fsp3) is 0.643. The highest BCUT2D eigenvalue weighted by Gasteiger charge is 2.27. The number of hydrogen-bond donors (Lipinski definition) is 0. The minimum Gasteiger partial charge on any atom is -0.468 e. The van der Waals surface area contributed by atoms with Crippen molar-refractivity contribution >= 4 is 17.8 Å². The van der Waals surface area contributed by atoms with Crippen LogP contribution in [-0.4, -0.2) is 61.0 Å². The Kier molecular flexibility index (Phi) is 4.52. The van der Waals surface area contributed by atoms with E-state index in [2.05, 4.69) is 0 Å². The molecule has 5 nitrogen and oxygen atoms in total. The average Bonchev–Trinajstić information content (AvgIpc) is 2.92. The number of urea groups is 1. The number of carbonyl (C=O) groups excluding carboxylic acids is 1. The molecule has 0 aliphatic carbocycles. The van der Waals surface area contributed by atoms with Crippen LogP contribution in [0.5, 0.6) is 0 Å². The van der Waals surface area contributed by atoms with Crippen LogP contribution >= 0.6 is 11.8 Å². The summed E-state index contributed by atoms with van der Waals surface area (Å²) in [5, 5.41) is 0.368. The number of rotatable bonds is 1. The molecule has 6 heteroatoms. The van der Waals surface area contributed by atoms with Crippen LogP contribution in [0.15, 0.2) is 22.8 Å². The maximum Gasteiger partial charge on any atom is 0.320 e. The topological polar surface area (TPSA) is 45.9 Å². The predicted molar refractivity (Wildman–Crippen MR) is 77.9 cm³/mol. The van der Waals surface area contributed by atoms with E-state index in [4.69, 9.17) is 9.15 Å². The molecule has 1 unspecified atom stereocenters. The summed E-state index contributed by atoms with van der Waals surface area (Å²) in [5.41, 5.74) is 0. The summed E-state index contributed by atoms with van der Waals surface area (Å²) in [7, 11) is 0. The summed E-state index contributed by atoms with van der Waals surface area (Å²) in [5.74, 6) is 1.98. The molecule has 0 spiro atoms. The third-order valence-electron chi connectivity index (χ3n) is 3.75. The van der Waals surface area contributed by atoms with Gasteiger partial charge in [0.15, 0.2) is 0 Å². The Morgan fingerprint density at radius 1 is 1.20 bits per heavy atom. The number of hydrogen-bond acceptors (Lipinski definition) is 4. The van der Waals surface area contributed by atoms with Gasteiger partial charge in [-0.1, -0.05) is 0 Å². The van der Waals surface area contributed by atoms with Gasteiger partial charge in [-0.3, -0.25) is 0 Å². The van der Waals surface area contributed by atoms with Gasteiger partial charge in [-0.2, -0.15) is 0 Å². The Balaban J connectivity index is 1.57. The SMILES string of the molecule is O=C(N1CCOCC1)N1CCSC(c2ccco2)CC1. The lowest BCUT2D eigenvalue weighted by Gasteiger charge is -2.32. The number of thioether (sulfide) groups is 1. The van der Waals surface area contributed by atoms with Crippen molar-refractivity contribution in [3.8, 4) is 0 Å². The molecule has 2 aliphatic rings. The molecule has 2 amide bonds. The molecule has 110 valence electrons. The summed E-state index contributed by atoms with van der Waals surface area (Å²) in [6, 6.07) is 4.11. The molecule has 2 aliphatic heterocycles. The van der Waals surface area contributed by atoms with Crippen LogP contribution in [0.3, 0.4) is 0 Å². The second kappa shape index (κ2) is 6.54. The fourth-order valence-corrected chi connectivity index (χ4v) is 3.80. The molecular formula is C14H20N2O3S. The summed E-state index contributed by atoms with van der Waals surface area (Å²) in [6.07, 6.45) is 2.67. The quantitative estimate of drug-likeness (QED) is 0.797. The molecular weight excluding hydrogens is 276 g/mol. The molecule has 20 heavy (non-hydrogen) atoms. The zero-order valence-corrected chi connectivity index (χ0v) is 12.3. The van der Waals surface area contributed by atoms with Crippen molar-refractivity contribution in [2.24, 2.45) is 0 Å². The molecule has 2 saturated heterocycles. The van der Waals surface area contributed by atoms with Crippen LogP contribution in [0.4, 0.5) is 4.79 Å². The summed E-state index contributed by atoms with van der Waals surface area (Å²) >= 11 is 1.88. The molecule has 1 aromatic rings. The van der Waals surface area contributed by atoms with E-state index in [1.807, 2.05) is 33.7 Å². The van der Waals surface area contributed by atoms with Crippen molar-refractivity contribution < 1.29 is 13.9 Å². The van der Waals surface area contributed by atoms with E-state index < -0.39 is 0 Å². The van der Waals surface area contributed by atoms with E-state index in [1.54, 1.807) is 6.26 Å². The van der Waals surface area contributed by atoms with Crippen LogP contribution in [0, 0.1) is 0 Å². The molecule has 0 saturated carbocycles. The first-order chi connectivity index (χ1) is 9.84. The van der Waals surface area contributed by atoms with Gasteiger partial charge in [0.2, 0.25) is 0 Å². The van der Waals surface area contributed by atoms with Crippen molar-refractivity contribution in [2.75, 3.05) is 45.1 Å². The zero-order valence-electron chi connectivity index (χ0n) is 11.5. The smallest absolute Gasteiger partial charge is 0.320 e. The monoisotopic (exact) mass is 296 g/mol. The minimum atomic E-state index is 0.161. The van der Waals surface area contributed by atoms with Gasteiger partial charge in [-0.25, -0.2) is 4.79 Å². The van der Waals surface area contributed by atoms with E-state index in [9.17, 15) is 4.79 Å². The maximum atomic E-state index is 12.5. The highest BCUT2D eigenvalue weighted by molar-refractivity contribution is 7.99. The van der Waals surface area contributed by atoms with Gasteiger partial charge in [-0.15, -0.1) is 11.8 Å². The van der Waals surface area contributed by atoms with E-state index in [1.165, 1.54) is 0 Å². The lowest BCUT2D eigenvalue weighted by atomic mass is 10.2. The molecule has 0 aromatic carbocycles.